The smallest absolute Gasteiger partial charge is 0.183 e. The van der Waals surface area contributed by atoms with Crippen molar-refractivity contribution >= 4 is 28.5 Å². The lowest BCUT2D eigenvalue weighted by molar-refractivity contribution is 0.630. The number of rotatable bonds is 2. The molecule has 0 saturated carbocycles. The summed E-state index contributed by atoms with van der Waals surface area (Å²) in [6, 6.07) is 8.30. The molecule has 0 amide bonds. The molecule has 0 unspecified atom stereocenters. The third-order valence-corrected chi connectivity index (χ3v) is 3.36. The van der Waals surface area contributed by atoms with Crippen molar-refractivity contribution in [2.75, 3.05) is 5.32 Å². The van der Waals surface area contributed by atoms with E-state index in [1.165, 1.54) is 6.07 Å². The van der Waals surface area contributed by atoms with Gasteiger partial charge in [-0.3, -0.25) is 5.10 Å². The lowest BCUT2D eigenvalue weighted by Crippen LogP contribution is -2.26. The Morgan fingerprint density at radius 2 is 1.95 bits per heavy atom. The lowest BCUT2D eigenvalue weighted by atomic mass is 10.1. The van der Waals surface area contributed by atoms with Gasteiger partial charge < -0.3 is 5.32 Å². The minimum atomic E-state index is -0.394. The maximum absolute atomic E-state index is 14.1. The molecule has 114 valence electrons. The summed E-state index contributed by atoms with van der Waals surface area (Å²) in [5, 5.41) is 11.4. The molecule has 2 heterocycles. The maximum Gasteiger partial charge on any atom is 0.183 e. The molecule has 0 aliphatic heterocycles. The van der Waals surface area contributed by atoms with Gasteiger partial charge >= 0.3 is 0 Å². The van der Waals surface area contributed by atoms with Crippen LogP contribution >= 0.6 is 11.6 Å². The van der Waals surface area contributed by atoms with Crippen molar-refractivity contribution in [3.8, 4) is 11.3 Å². The monoisotopic (exact) mass is 318 g/mol. The molecule has 0 atom stereocenters. The Balaban J connectivity index is 2.06. The summed E-state index contributed by atoms with van der Waals surface area (Å²) in [5.74, 6) is 0.338. The van der Waals surface area contributed by atoms with E-state index in [2.05, 4.69) is 41.3 Å². The van der Waals surface area contributed by atoms with Crippen LogP contribution in [0, 0.1) is 5.82 Å². The van der Waals surface area contributed by atoms with Gasteiger partial charge in [-0.2, -0.15) is 5.10 Å². The quantitative estimate of drug-likeness (QED) is 0.724. The van der Waals surface area contributed by atoms with Crippen molar-refractivity contribution < 1.29 is 4.39 Å². The van der Waals surface area contributed by atoms with Crippen molar-refractivity contribution in [1.82, 2.24) is 15.2 Å². The lowest BCUT2D eigenvalue weighted by Gasteiger charge is -2.20. The number of aromatic amines is 1. The molecule has 2 N–H and O–H groups in total. The molecular formula is C16H16ClFN4. The Morgan fingerprint density at radius 3 is 2.64 bits per heavy atom. The van der Waals surface area contributed by atoms with E-state index in [0.29, 0.717) is 21.9 Å². The number of halogens is 2. The molecule has 22 heavy (non-hydrogen) atoms. The summed E-state index contributed by atoms with van der Waals surface area (Å²) < 4.78 is 14.1. The zero-order valence-electron chi connectivity index (χ0n) is 12.5. The highest BCUT2D eigenvalue weighted by Crippen LogP contribution is 2.30. The van der Waals surface area contributed by atoms with E-state index in [9.17, 15) is 4.39 Å². The minimum absolute atomic E-state index is 0.0951. The molecule has 6 heteroatoms. The minimum Gasteiger partial charge on any atom is -0.365 e. The van der Waals surface area contributed by atoms with E-state index in [0.717, 1.165) is 11.2 Å². The molecule has 2 aromatic heterocycles. The summed E-state index contributed by atoms with van der Waals surface area (Å²) in [4.78, 5) is 4.45. The first-order chi connectivity index (χ1) is 10.3. The van der Waals surface area contributed by atoms with E-state index in [1.807, 2.05) is 12.1 Å². The van der Waals surface area contributed by atoms with Gasteiger partial charge in [-0.05, 0) is 51.1 Å². The molecule has 3 rings (SSSR count). The highest BCUT2D eigenvalue weighted by atomic mass is 35.5. The first-order valence-corrected chi connectivity index (χ1v) is 7.30. The van der Waals surface area contributed by atoms with Crippen LogP contribution in [0.15, 0.2) is 30.3 Å². The summed E-state index contributed by atoms with van der Waals surface area (Å²) >= 11 is 5.79. The second-order valence-corrected chi connectivity index (χ2v) is 6.60. The molecule has 0 fully saturated rings. The Labute approximate surface area is 132 Å². The van der Waals surface area contributed by atoms with Gasteiger partial charge in [0.2, 0.25) is 0 Å². The number of aromatic nitrogens is 3. The molecule has 3 aromatic rings. The molecule has 0 aliphatic rings. The number of pyridine rings is 1. The van der Waals surface area contributed by atoms with Crippen LogP contribution in [-0.2, 0) is 0 Å². The van der Waals surface area contributed by atoms with Crippen LogP contribution in [-0.4, -0.2) is 20.7 Å². The number of benzene rings is 1. The Morgan fingerprint density at radius 1 is 1.18 bits per heavy atom. The van der Waals surface area contributed by atoms with Gasteiger partial charge in [0.05, 0.1) is 5.69 Å². The van der Waals surface area contributed by atoms with Crippen molar-refractivity contribution in [3.05, 3.63) is 41.2 Å². The van der Waals surface area contributed by atoms with Crippen molar-refractivity contribution in [2.45, 2.75) is 26.3 Å². The molecule has 0 bridgehead atoms. The Bertz CT molecular complexity index is 836. The van der Waals surface area contributed by atoms with E-state index in [-0.39, 0.29) is 5.54 Å². The van der Waals surface area contributed by atoms with Crippen LogP contribution in [0.25, 0.3) is 22.3 Å². The van der Waals surface area contributed by atoms with Gasteiger partial charge in [-0.1, -0.05) is 11.6 Å². The van der Waals surface area contributed by atoms with E-state index >= 15 is 0 Å². The van der Waals surface area contributed by atoms with Crippen LogP contribution < -0.4 is 5.32 Å². The number of nitrogens with zero attached hydrogens (tertiary/aromatic N) is 2. The fourth-order valence-electron chi connectivity index (χ4n) is 2.25. The second-order valence-electron chi connectivity index (χ2n) is 6.17. The standard InChI is InChI=1S/C16H16ClFN4/c1-16(2,3)20-13-7-6-11-14(21-22-15(11)19-13)10-5-4-9(17)8-12(10)18/h4-8H,1-3H3,(H2,19,20,21,22). The number of hydrogen-bond donors (Lipinski definition) is 2. The van der Waals surface area contributed by atoms with E-state index < -0.39 is 5.82 Å². The first-order valence-electron chi connectivity index (χ1n) is 6.92. The van der Waals surface area contributed by atoms with Crippen LogP contribution in [0.5, 0.6) is 0 Å². The predicted octanol–water partition coefficient (Wildman–Crippen LogP) is 4.63. The van der Waals surface area contributed by atoms with Crippen LogP contribution in [0.2, 0.25) is 5.02 Å². The van der Waals surface area contributed by atoms with Gasteiger partial charge in [0.1, 0.15) is 11.6 Å². The van der Waals surface area contributed by atoms with Gasteiger partial charge in [-0.25, -0.2) is 9.37 Å². The summed E-state index contributed by atoms with van der Waals surface area (Å²) in [7, 11) is 0. The van der Waals surface area contributed by atoms with Gasteiger partial charge in [-0.15, -0.1) is 0 Å². The molecule has 1 aromatic carbocycles. The summed E-state index contributed by atoms with van der Waals surface area (Å²) in [6.45, 7) is 6.16. The van der Waals surface area contributed by atoms with Gasteiger partial charge in [0.25, 0.3) is 0 Å². The SMILES string of the molecule is CC(C)(C)Nc1ccc2c(-c3ccc(Cl)cc3F)[nH]nc2n1. The number of fused-ring (bicyclic) bond motifs is 1. The number of hydrogen-bond acceptors (Lipinski definition) is 3. The van der Waals surface area contributed by atoms with Crippen molar-refractivity contribution in [3.63, 3.8) is 0 Å². The zero-order chi connectivity index (χ0) is 15.9. The van der Waals surface area contributed by atoms with Gasteiger partial charge in [0.15, 0.2) is 5.65 Å². The van der Waals surface area contributed by atoms with E-state index in [1.54, 1.807) is 12.1 Å². The average molecular weight is 319 g/mol. The van der Waals surface area contributed by atoms with E-state index in [4.69, 9.17) is 11.6 Å². The predicted molar refractivity (Wildman–Crippen MR) is 87.7 cm³/mol. The largest absolute Gasteiger partial charge is 0.365 e. The van der Waals surface area contributed by atoms with Gasteiger partial charge in [0, 0.05) is 21.5 Å². The number of anilines is 1. The number of nitrogens with one attached hydrogen (secondary N) is 2. The summed E-state index contributed by atoms with van der Waals surface area (Å²) in [6.07, 6.45) is 0. The Hall–Kier alpha value is -2.14. The fourth-order valence-corrected chi connectivity index (χ4v) is 2.41. The Kier molecular flexibility index (Phi) is 3.53. The van der Waals surface area contributed by atoms with Crippen LogP contribution in [0.1, 0.15) is 20.8 Å². The molecule has 4 nitrogen and oxygen atoms in total. The first kappa shape index (κ1) is 14.8. The topological polar surface area (TPSA) is 53.6 Å². The molecule has 0 aliphatic carbocycles. The zero-order valence-corrected chi connectivity index (χ0v) is 13.3. The average Bonchev–Trinajstić information content (AvgIpc) is 2.80. The molecule has 0 spiro atoms. The highest BCUT2D eigenvalue weighted by molar-refractivity contribution is 6.30. The van der Waals surface area contributed by atoms with Crippen molar-refractivity contribution in [2.24, 2.45) is 0 Å². The normalized spacial score (nSPS) is 11.9. The fraction of sp³-hybridized carbons (Fsp3) is 0.250. The van der Waals surface area contributed by atoms with Crippen LogP contribution in [0.3, 0.4) is 0 Å². The number of H-pyrrole nitrogens is 1. The maximum atomic E-state index is 14.1. The van der Waals surface area contributed by atoms with Crippen LogP contribution in [0.4, 0.5) is 10.2 Å². The van der Waals surface area contributed by atoms with Crippen molar-refractivity contribution in [1.29, 1.82) is 0 Å². The molecule has 0 saturated heterocycles. The highest BCUT2D eigenvalue weighted by Gasteiger charge is 2.15. The molecule has 0 radical (unpaired) electrons. The third-order valence-electron chi connectivity index (χ3n) is 3.12. The third kappa shape index (κ3) is 2.90. The second kappa shape index (κ2) is 5.25. The molecular weight excluding hydrogens is 303 g/mol. The summed E-state index contributed by atoms with van der Waals surface area (Å²) in [5.41, 5.74) is 1.46.